The van der Waals surface area contributed by atoms with Gasteiger partial charge in [-0.05, 0) is 42.8 Å². The van der Waals surface area contributed by atoms with E-state index in [2.05, 4.69) is 0 Å². The van der Waals surface area contributed by atoms with Crippen LogP contribution < -0.4 is 0 Å². The number of thiophene rings is 1. The SMILES string of the molecule is CCc1ccc(C(=O)CS(=O)(=O)c2ccc(F)cc2)s1. The Labute approximate surface area is 121 Å². The van der Waals surface area contributed by atoms with Crippen LogP contribution in [0.15, 0.2) is 41.3 Å². The summed E-state index contributed by atoms with van der Waals surface area (Å²) < 4.78 is 36.9. The van der Waals surface area contributed by atoms with E-state index in [0.29, 0.717) is 4.88 Å². The van der Waals surface area contributed by atoms with Crippen LogP contribution in [0.25, 0.3) is 0 Å². The summed E-state index contributed by atoms with van der Waals surface area (Å²) in [7, 11) is -3.73. The minimum Gasteiger partial charge on any atom is -0.292 e. The van der Waals surface area contributed by atoms with Crippen molar-refractivity contribution in [3.05, 3.63) is 52.0 Å². The molecule has 0 fully saturated rings. The summed E-state index contributed by atoms with van der Waals surface area (Å²) in [5, 5.41) is 0. The van der Waals surface area contributed by atoms with Crippen molar-refractivity contribution in [2.45, 2.75) is 18.2 Å². The van der Waals surface area contributed by atoms with E-state index >= 15 is 0 Å². The minimum absolute atomic E-state index is 0.0421. The van der Waals surface area contributed by atoms with Crippen molar-refractivity contribution in [1.82, 2.24) is 0 Å². The molecule has 20 heavy (non-hydrogen) atoms. The molecule has 1 heterocycles. The zero-order valence-corrected chi connectivity index (χ0v) is 12.4. The molecule has 0 unspecified atom stereocenters. The van der Waals surface area contributed by atoms with E-state index in [9.17, 15) is 17.6 Å². The summed E-state index contributed by atoms with van der Waals surface area (Å²) in [6.07, 6.45) is 0.808. The first kappa shape index (κ1) is 14.9. The number of ketones is 1. The molecule has 1 aromatic heterocycles. The van der Waals surface area contributed by atoms with Crippen LogP contribution >= 0.6 is 11.3 Å². The van der Waals surface area contributed by atoms with Crippen LogP contribution in [-0.2, 0) is 16.3 Å². The standard InChI is InChI=1S/C14H13FO3S2/c1-2-11-5-8-14(19-11)13(16)9-20(17,18)12-6-3-10(15)4-7-12/h3-8H,2,9H2,1H3. The monoisotopic (exact) mass is 312 g/mol. The average Bonchev–Trinajstić information content (AvgIpc) is 2.87. The van der Waals surface area contributed by atoms with Crippen LogP contribution in [0, 0.1) is 5.82 Å². The fourth-order valence-corrected chi connectivity index (χ4v) is 3.88. The second kappa shape index (κ2) is 5.85. The molecule has 2 aromatic rings. The van der Waals surface area contributed by atoms with Gasteiger partial charge in [0.15, 0.2) is 15.6 Å². The van der Waals surface area contributed by atoms with Gasteiger partial charge in [0.25, 0.3) is 0 Å². The largest absolute Gasteiger partial charge is 0.292 e. The number of carbonyl (C=O) groups is 1. The third kappa shape index (κ3) is 3.32. The van der Waals surface area contributed by atoms with E-state index in [0.717, 1.165) is 23.4 Å². The topological polar surface area (TPSA) is 51.2 Å². The van der Waals surface area contributed by atoms with Gasteiger partial charge in [0, 0.05) is 4.88 Å². The van der Waals surface area contributed by atoms with Gasteiger partial charge in [-0.2, -0.15) is 0 Å². The molecule has 0 atom stereocenters. The molecule has 0 radical (unpaired) electrons. The summed E-state index contributed by atoms with van der Waals surface area (Å²) in [4.78, 5) is 13.4. The number of aryl methyl sites for hydroxylation is 1. The maximum atomic E-state index is 12.8. The molecule has 106 valence electrons. The molecule has 0 spiro atoms. The van der Waals surface area contributed by atoms with Crippen molar-refractivity contribution in [3.63, 3.8) is 0 Å². The molecule has 0 saturated carbocycles. The highest BCUT2D eigenvalue weighted by atomic mass is 32.2. The minimum atomic E-state index is -3.73. The maximum absolute atomic E-state index is 12.8. The van der Waals surface area contributed by atoms with Gasteiger partial charge in [-0.1, -0.05) is 6.92 Å². The predicted octanol–water partition coefficient (Wildman–Crippen LogP) is 3.11. The van der Waals surface area contributed by atoms with E-state index < -0.39 is 27.2 Å². The number of hydrogen-bond donors (Lipinski definition) is 0. The van der Waals surface area contributed by atoms with Crippen LogP contribution in [0.1, 0.15) is 21.5 Å². The molecule has 3 nitrogen and oxygen atoms in total. The van der Waals surface area contributed by atoms with Crippen molar-refractivity contribution in [2.75, 3.05) is 5.75 Å². The highest BCUT2D eigenvalue weighted by molar-refractivity contribution is 7.92. The second-order valence-corrected chi connectivity index (χ2v) is 7.41. The molecular weight excluding hydrogens is 299 g/mol. The van der Waals surface area contributed by atoms with Gasteiger partial charge >= 0.3 is 0 Å². The van der Waals surface area contributed by atoms with Gasteiger partial charge in [-0.15, -0.1) is 11.3 Å². The van der Waals surface area contributed by atoms with Gasteiger partial charge in [-0.3, -0.25) is 4.79 Å². The van der Waals surface area contributed by atoms with E-state index in [1.54, 1.807) is 6.07 Å². The number of Topliss-reactive ketones (excluding diaryl/α,β-unsaturated/α-hetero) is 1. The zero-order valence-electron chi connectivity index (χ0n) is 10.8. The molecule has 1 aromatic carbocycles. The average molecular weight is 312 g/mol. The fourth-order valence-electron chi connectivity index (χ4n) is 1.69. The Morgan fingerprint density at radius 2 is 1.80 bits per heavy atom. The van der Waals surface area contributed by atoms with Gasteiger partial charge in [0.1, 0.15) is 11.6 Å². The molecule has 2 rings (SSSR count). The first-order chi connectivity index (χ1) is 9.42. The molecular formula is C14H13FO3S2. The van der Waals surface area contributed by atoms with Crippen LogP contribution in [0.4, 0.5) is 4.39 Å². The first-order valence-corrected chi connectivity index (χ1v) is 8.49. The molecule has 0 saturated heterocycles. The van der Waals surface area contributed by atoms with E-state index in [4.69, 9.17) is 0 Å². The quantitative estimate of drug-likeness (QED) is 0.629. The van der Waals surface area contributed by atoms with Crippen molar-refractivity contribution in [3.8, 4) is 0 Å². The van der Waals surface area contributed by atoms with Gasteiger partial charge in [-0.25, -0.2) is 12.8 Å². The summed E-state index contributed by atoms with van der Waals surface area (Å²) >= 11 is 1.31. The summed E-state index contributed by atoms with van der Waals surface area (Å²) in [5.74, 6) is -1.54. The summed E-state index contributed by atoms with van der Waals surface area (Å²) in [5.41, 5.74) is 0. The molecule has 0 bridgehead atoms. The van der Waals surface area contributed by atoms with Crippen molar-refractivity contribution in [1.29, 1.82) is 0 Å². The Morgan fingerprint density at radius 3 is 2.35 bits per heavy atom. The molecule has 6 heteroatoms. The lowest BCUT2D eigenvalue weighted by molar-refractivity contribution is 0.102. The van der Waals surface area contributed by atoms with Crippen molar-refractivity contribution < 1.29 is 17.6 Å². The van der Waals surface area contributed by atoms with Crippen LogP contribution in [-0.4, -0.2) is 20.0 Å². The van der Waals surface area contributed by atoms with Gasteiger partial charge in [0.2, 0.25) is 0 Å². The van der Waals surface area contributed by atoms with Gasteiger partial charge in [0.05, 0.1) is 9.77 Å². The molecule has 0 N–H and O–H groups in total. The van der Waals surface area contributed by atoms with E-state index in [1.165, 1.54) is 23.5 Å². The van der Waals surface area contributed by atoms with Crippen LogP contribution in [0.3, 0.4) is 0 Å². The lowest BCUT2D eigenvalue weighted by atomic mass is 10.3. The third-order valence-corrected chi connectivity index (χ3v) is 5.68. The maximum Gasteiger partial charge on any atom is 0.188 e. The number of benzene rings is 1. The van der Waals surface area contributed by atoms with Gasteiger partial charge < -0.3 is 0 Å². The molecule has 0 aliphatic heterocycles. The molecule has 0 amide bonds. The number of carbonyl (C=O) groups excluding carboxylic acids is 1. The number of hydrogen-bond acceptors (Lipinski definition) is 4. The Hall–Kier alpha value is -1.53. The lowest BCUT2D eigenvalue weighted by Gasteiger charge is -2.02. The highest BCUT2D eigenvalue weighted by Crippen LogP contribution is 2.20. The van der Waals surface area contributed by atoms with Crippen LogP contribution in [0.2, 0.25) is 0 Å². The predicted molar refractivity (Wildman–Crippen MR) is 76.5 cm³/mol. The Balaban J connectivity index is 2.19. The van der Waals surface area contributed by atoms with Crippen molar-refractivity contribution >= 4 is 27.0 Å². The van der Waals surface area contributed by atoms with Crippen LogP contribution in [0.5, 0.6) is 0 Å². The first-order valence-electron chi connectivity index (χ1n) is 6.02. The van der Waals surface area contributed by atoms with E-state index in [1.807, 2.05) is 13.0 Å². The van der Waals surface area contributed by atoms with Crippen molar-refractivity contribution in [2.24, 2.45) is 0 Å². The second-order valence-electron chi connectivity index (χ2n) is 4.26. The summed E-state index contributed by atoms with van der Waals surface area (Å²) in [6, 6.07) is 7.94. The third-order valence-electron chi connectivity index (χ3n) is 2.78. The smallest absolute Gasteiger partial charge is 0.188 e. The fraction of sp³-hybridized carbons (Fsp3) is 0.214. The number of sulfone groups is 1. The Kier molecular flexibility index (Phi) is 4.35. The summed E-state index contributed by atoms with van der Waals surface area (Å²) in [6.45, 7) is 1.97. The Bertz CT molecular complexity index is 715. The molecule has 0 aliphatic carbocycles. The van der Waals surface area contributed by atoms with E-state index in [-0.39, 0.29) is 4.90 Å². The Morgan fingerprint density at radius 1 is 1.15 bits per heavy atom. The highest BCUT2D eigenvalue weighted by Gasteiger charge is 2.21. The molecule has 0 aliphatic rings. The number of halogens is 1. The lowest BCUT2D eigenvalue weighted by Crippen LogP contribution is -2.15. The normalized spacial score (nSPS) is 11.5. The number of rotatable bonds is 5. The zero-order chi connectivity index (χ0) is 14.8.